The fourth-order valence-corrected chi connectivity index (χ4v) is 7.31. The molecule has 5 nitrogen and oxygen atoms in total. The highest BCUT2D eigenvalue weighted by molar-refractivity contribution is 8.11. The van der Waals surface area contributed by atoms with Crippen molar-refractivity contribution in [1.82, 2.24) is 14.9 Å². The molecule has 0 amide bonds. The molecule has 36 heavy (non-hydrogen) atoms. The van der Waals surface area contributed by atoms with Crippen LogP contribution < -0.4 is 10.2 Å². The van der Waals surface area contributed by atoms with Gasteiger partial charge in [0.1, 0.15) is 11.5 Å². The second kappa shape index (κ2) is 9.75. The van der Waals surface area contributed by atoms with Gasteiger partial charge in [0.15, 0.2) is 11.5 Å². The van der Waals surface area contributed by atoms with Crippen molar-refractivity contribution in [2.45, 2.75) is 33.4 Å². The smallest absolute Gasteiger partial charge is 0.350 e. The highest BCUT2D eigenvalue weighted by Crippen LogP contribution is 2.36. The molecule has 1 saturated heterocycles. The molecule has 2 aliphatic rings. The Bertz CT molecular complexity index is 1420. The topological polar surface area (TPSA) is 50.2 Å². The van der Waals surface area contributed by atoms with Crippen molar-refractivity contribution in [3.8, 4) is 0 Å². The minimum Gasteiger partial charge on any atom is -0.350 e. The summed E-state index contributed by atoms with van der Waals surface area (Å²) in [5, 5.41) is 4.78. The van der Waals surface area contributed by atoms with E-state index in [0.29, 0.717) is 5.69 Å². The number of rotatable bonds is 4. The lowest BCUT2D eigenvalue weighted by Crippen LogP contribution is -2.40. The van der Waals surface area contributed by atoms with Crippen LogP contribution in [-0.4, -0.2) is 45.8 Å². The van der Waals surface area contributed by atoms with E-state index in [2.05, 4.69) is 89.3 Å². The number of aryl methyl sites for hydroxylation is 1. The molecule has 0 atom stereocenters. The summed E-state index contributed by atoms with van der Waals surface area (Å²) in [5.74, 6) is 2.78. The van der Waals surface area contributed by atoms with Gasteiger partial charge in [-0.25, -0.2) is 9.78 Å². The summed E-state index contributed by atoms with van der Waals surface area (Å²) in [4.78, 5) is 21.2. The van der Waals surface area contributed by atoms with Crippen molar-refractivity contribution in [2.24, 2.45) is 0 Å². The molecule has 6 rings (SSSR count). The third-order valence-electron chi connectivity index (χ3n) is 7.73. The number of pyridine rings is 1. The van der Waals surface area contributed by atoms with Gasteiger partial charge in [-0.1, -0.05) is 54.6 Å². The minimum absolute atomic E-state index is 0.227. The maximum Gasteiger partial charge on any atom is 0.380 e. The van der Waals surface area contributed by atoms with Crippen LogP contribution in [0.4, 0.5) is 5.82 Å². The number of benzene rings is 2. The van der Waals surface area contributed by atoms with E-state index in [4.69, 9.17) is 4.98 Å². The zero-order valence-electron chi connectivity index (χ0n) is 21.1. The fourth-order valence-electron chi connectivity index (χ4n) is 5.56. The molecular formula is C30H33N4OS+. The summed E-state index contributed by atoms with van der Waals surface area (Å²) in [6.45, 7) is 8.73. The normalized spacial score (nSPS) is 16.3. The Kier molecular flexibility index (Phi) is 6.32. The SMILES string of the molecule is Cc1c(C)n(Cc2ccccc2)c2c(N3CCc4ccccc4C3)nc(C(=O)[S+]3CCNCC3)cc12. The van der Waals surface area contributed by atoms with Crippen molar-refractivity contribution >= 4 is 32.7 Å². The van der Waals surface area contributed by atoms with Gasteiger partial charge in [-0.2, -0.15) is 0 Å². The molecular weight excluding hydrogens is 464 g/mol. The summed E-state index contributed by atoms with van der Waals surface area (Å²) in [7, 11) is -0.259. The Morgan fingerprint density at radius 3 is 2.50 bits per heavy atom. The van der Waals surface area contributed by atoms with Gasteiger partial charge in [-0.15, -0.1) is 0 Å². The van der Waals surface area contributed by atoms with Crippen LogP contribution in [0, 0.1) is 13.8 Å². The van der Waals surface area contributed by atoms with Crippen molar-refractivity contribution in [2.75, 3.05) is 36.0 Å². The molecule has 0 bridgehead atoms. The minimum atomic E-state index is -0.259. The molecule has 4 aromatic rings. The predicted octanol–water partition coefficient (Wildman–Crippen LogP) is 4.63. The lowest BCUT2D eigenvalue weighted by Gasteiger charge is -2.31. The zero-order valence-corrected chi connectivity index (χ0v) is 21.9. The molecule has 1 fully saturated rings. The lowest BCUT2D eigenvalue weighted by molar-refractivity contribution is 0.108. The molecule has 4 heterocycles. The van der Waals surface area contributed by atoms with E-state index in [1.165, 1.54) is 27.9 Å². The molecule has 6 heteroatoms. The first kappa shape index (κ1) is 23.3. The number of fused-ring (bicyclic) bond motifs is 2. The Balaban J connectivity index is 1.51. The second-order valence-electron chi connectivity index (χ2n) is 9.89. The molecule has 184 valence electrons. The Labute approximate surface area is 215 Å². The van der Waals surface area contributed by atoms with E-state index in [1.807, 2.05) is 0 Å². The van der Waals surface area contributed by atoms with Gasteiger partial charge in [0, 0.05) is 43.8 Å². The maximum atomic E-state index is 13.7. The van der Waals surface area contributed by atoms with Gasteiger partial charge in [-0.3, -0.25) is 0 Å². The molecule has 0 spiro atoms. The van der Waals surface area contributed by atoms with E-state index in [1.54, 1.807) is 0 Å². The Morgan fingerprint density at radius 1 is 1.00 bits per heavy atom. The van der Waals surface area contributed by atoms with Gasteiger partial charge in [0.05, 0.1) is 16.4 Å². The molecule has 0 saturated carbocycles. The summed E-state index contributed by atoms with van der Waals surface area (Å²) >= 11 is 0. The van der Waals surface area contributed by atoms with Crippen LogP contribution in [0.2, 0.25) is 0 Å². The number of carbonyl (C=O) groups is 1. The predicted molar refractivity (Wildman–Crippen MR) is 150 cm³/mol. The highest BCUT2D eigenvalue weighted by Gasteiger charge is 2.35. The zero-order chi connectivity index (χ0) is 24.6. The first-order valence-corrected chi connectivity index (χ1v) is 14.4. The molecule has 1 N–H and O–H groups in total. The summed E-state index contributed by atoms with van der Waals surface area (Å²) in [6, 6.07) is 21.4. The van der Waals surface area contributed by atoms with Crippen LogP contribution in [-0.2, 0) is 30.4 Å². The standard InChI is InChI=1S/C30H33N4OS/c1-21-22(2)34(19-23-8-4-3-5-9-23)28-26(21)18-27(30(35)36-16-13-31-14-17-36)32-29(28)33-15-12-24-10-6-7-11-25(24)20-33/h3-11,18,31H,12-17,19-20H2,1-2H3/q+1. The molecule has 0 radical (unpaired) electrons. The number of nitrogens with zero attached hydrogens (tertiary/aromatic N) is 3. The van der Waals surface area contributed by atoms with Crippen LogP contribution >= 0.6 is 0 Å². The number of hydrogen-bond acceptors (Lipinski definition) is 4. The maximum absolute atomic E-state index is 13.7. The molecule has 0 aliphatic carbocycles. The van der Waals surface area contributed by atoms with Gasteiger partial charge in [-0.05, 0) is 48.6 Å². The first-order chi connectivity index (χ1) is 17.6. The Hall–Kier alpha value is -3.09. The van der Waals surface area contributed by atoms with E-state index >= 15 is 0 Å². The average Bonchev–Trinajstić information content (AvgIpc) is 3.17. The number of aromatic nitrogens is 2. The number of hydrogen-bond donors (Lipinski definition) is 1. The van der Waals surface area contributed by atoms with E-state index in [9.17, 15) is 4.79 Å². The highest BCUT2D eigenvalue weighted by atomic mass is 32.2. The number of carbonyl (C=O) groups excluding carboxylic acids is 1. The molecule has 0 unspecified atom stereocenters. The first-order valence-electron chi connectivity index (χ1n) is 12.9. The van der Waals surface area contributed by atoms with Crippen molar-refractivity contribution in [1.29, 1.82) is 0 Å². The number of nitrogens with one attached hydrogen (secondary N) is 1. The Morgan fingerprint density at radius 2 is 1.72 bits per heavy atom. The van der Waals surface area contributed by atoms with Crippen molar-refractivity contribution < 1.29 is 4.79 Å². The van der Waals surface area contributed by atoms with E-state index < -0.39 is 0 Å². The van der Waals surface area contributed by atoms with Crippen LogP contribution in [0.5, 0.6) is 0 Å². The van der Waals surface area contributed by atoms with Gasteiger partial charge in [0.25, 0.3) is 0 Å². The molecule has 2 aliphatic heterocycles. The van der Waals surface area contributed by atoms with Crippen molar-refractivity contribution in [3.63, 3.8) is 0 Å². The summed E-state index contributed by atoms with van der Waals surface area (Å²) in [5.41, 5.74) is 8.31. The average molecular weight is 498 g/mol. The van der Waals surface area contributed by atoms with E-state index in [0.717, 1.165) is 67.4 Å². The van der Waals surface area contributed by atoms with Gasteiger partial charge in [0.2, 0.25) is 0 Å². The van der Waals surface area contributed by atoms with Gasteiger partial charge < -0.3 is 14.8 Å². The van der Waals surface area contributed by atoms with Crippen LogP contribution in [0.15, 0.2) is 60.7 Å². The number of anilines is 1. The lowest BCUT2D eigenvalue weighted by atomic mass is 10.00. The third-order valence-corrected chi connectivity index (χ3v) is 9.86. The van der Waals surface area contributed by atoms with Crippen LogP contribution in [0.3, 0.4) is 0 Å². The summed E-state index contributed by atoms with van der Waals surface area (Å²) < 4.78 is 2.41. The molecule has 2 aromatic carbocycles. The fraction of sp³-hybridized carbons (Fsp3) is 0.333. The van der Waals surface area contributed by atoms with Crippen LogP contribution in [0.1, 0.15) is 38.4 Å². The second-order valence-corrected chi connectivity index (χ2v) is 12.1. The summed E-state index contributed by atoms with van der Waals surface area (Å²) in [6.07, 6.45) is 0.991. The van der Waals surface area contributed by atoms with Crippen LogP contribution in [0.25, 0.3) is 10.9 Å². The largest absolute Gasteiger partial charge is 0.380 e. The van der Waals surface area contributed by atoms with Gasteiger partial charge >= 0.3 is 5.12 Å². The monoisotopic (exact) mass is 497 g/mol. The third kappa shape index (κ3) is 4.22. The quantitative estimate of drug-likeness (QED) is 0.418. The molecule has 2 aromatic heterocycles. The van der Waals surface area contributed by atoms with Crippen molar-refractivity contribution in [3.05, 3.63) is 94.3 Å². The van der Waals surface area contributed by atoms with E-state index in [-0.39, 0.29) is 16.0 Å².